The fraction of sp³-hybridized carbons (Fsp3) is 0.429. The molecule has 0 N–H and O–H groups in total. The van der Waals surface area contributed by atoms with Crippen LogP contribution in [0, 0.1) is 20.2 Å². The standard InChI is InChI=1S/C7H8N2O4/c1-5-2-3-6(8(10)11)7(4-5)9(12)13/h2-4,6-7H,1H3/t6-,7?/m0/s1. The minimum atomic E-state index is -1.24. The van der Waals surface area contributed by atoms with Gasteiger partial charge in [-0.2, -0.15) is 0 Å². The SMILES string of the molecule is CC1=CC([N+](=O)[O-])[C@@H]([N+](=O)[O-])C=C1. The summed E-state index contributed by atoms with van der Waals surface area (Å²) >= 11 is 0. The summed E-state index contributed by atoms with van der Waals surface area (Å²) in [7, 11) is 0. The molecule has 70 valence electrons. The predicted octanol–water partition coefficient (Wildman–Crippen LogP) is 0.793. The summed E-state index contributed by atoms with van der Waals surface area (Å²) in [6, 6.07) is -2.47. The second-order valence-electron chi connectivity index (χ2n) is 2.82. The van der Waals surface area contributed by atoms with Gasteiger partial charge in [-0.15, -0.1) is 0 Å². The van der Waals surface area contributed by atoms with E-state index in [1.165, 1.54) is 18.2 Å². The Balaban J connectivity index is 2.94. The Bertz CT molecular complexity index is 308. The smallest absolute Gasteiger partial charge is 0.264 e. The topological polar surface area (TPSA) is 86.3 Å². The van der Waals surface area contributed by atoms with Crippen LogP contribution in [0.1, 0.15) is 6.92 Å². The minimum absolute atomic E-state index is 0.638. The normalized spacial score (nSPS) is 26.7. The van der Waals surface area contributed by atoms with Crippen LogP contribution >= 0.6 is 0 Å². The molecule has 6 nitrogen and oxygen atoms in total. The molecule has 0 aromatic rings. The zero-order valence-corrected chi connectivity index (χ0v) is 6.91. The minimum Gasteiger partial charge on any atom is -0.264 e. The van der Waals surface area contributed by atoms with Crippen molar-refractivity contribution in [3.63, 3.8) is 0 Å². The third-order valence-electron chi connectivity index (χ3n) is 1.83. The molecule has 0 bridgehead atoms. The van der Waals surface area contributed by atoms with Gasteiger partial charge in [0.25, 0.3) is 0 Å². The van der Waals surface area contributed by atoms with Gasteiger partial charge >= 0.3 is 12.1 Å². The molecule has 1 aliphatic rings. The molecule has 0 fully saturated rings. The average molecular weight is 184 g/mol. The zero-order valence-electron chi connectivity index (χ0n) is 6.91. The van der Waals surface area contributed by atoms with E-state index in [-0.39, 0.29) is 0 Å². The number of nitrogens with zero attached hydrogens (tertiary/aromatic N) is 2. The third kappa shape index (κ3) is 1.90. The first-order valence-corrected chi connectivity index (χ1v) is 3.66. The van der Waals surface area contributed by atoms with Crippen molar-refractivity contribution in [2.45, 2.75) is 19.0 Å². The molecule has 1 unspecified atom stereocenters. The Morgan fingerprint density at radius 2 is 1.77 bits per heavy atom. The Morgan fingerprint density at radius 1 is 1.23 bits per heavy atom. The molecule has 0 saturated carbocycles. The van der Waals surface area contributed by atoms with Crippen molar-refractivity contribution in [1.82, 2.24) is 0 Å². The van der Waals surface area contributed by atoms with Gasteiger partial charge < -0.3 is 0 Å². The maximum absolute atomic E-state index is 10.4. The van der Waals surface area contributed by atoms with Gasteiger partial charge in [0, 0.05) is 9.85 Å². The van der Waals surface area contributed by atoms with Crippen LogP contribution in [0.3, 0.4) is 0 Å². The van der Waals surface area contributed by atoms with E-state index >= 15 is 0 Å². The Kier molecular flexibility index (Phi) is 2.41. The summed E-state index contributed by atoms with van der Waals surface area (Å²) in [6.45, 7) is 1.67. The van der Waals surface area contributed by atoms with Crippen molar-refractivity contribution in [2.24, 2.45) is 0 Å². The molecule has 0 amide bonds. The van der Waals surface area contributed by atoms with E-state index in [0.29, 0.717) is 5.57 Å². The number of allylic oxidation sites excluding steroid dienone is 2. The zero-order chi connectivity index (χ0) is 10.0. The molecule has 2 atom stereocenters. The Labute approximate surface area is 73.8 Å². The second-order valence-corrected chi connectivity index (χ2v) is 2.82. The Morgan fingerprint density at radius 3 is 2.23 bits per heavy atom. The lowest BCUT2D eigenvalue weighted by Crippen LogP contribution is -2.38. The van der Waals surface area contributed by atoms with Crippen LogP contribution < -0.4 is 0 Å². The maximum Gasteiger partial charge on any atom is 0.301 e. The monoisotopic (exact) mass is 184 g/mol. The van der Waals surface area contributed by atoms with E-state index in [9.17, 15) is 20.2 Å². The van der Waals surface area contributed by atoms with E-state index in [1.807, 2.05) is 0 Å². The lowest BCUT2D eigenvalue weighted by atomic mass is 10.00. The Hall–Kier alpha value is -1.72. The molecular weight excluding hydrogens is 176 g/mol. The lowest BCUT2D eigenvalue weighted by molar-refractivity contribution is -0.599. The summed E-state index contributed by atoms with van der Waals surface area (Å²) < 4.78 is 0. The van der Waals surface area contributed by atoms with Gasteiger partial charge in [-0.25, -0.2) is 0 Å². The van der Waals surface area contributed by atoms with Crippen LogP contribution in [-0.2, 0) is 0 Å². The highest BCUT2D eigenvalue weighted by Crippen LogP contribution is 2.15. The summed E-state index contributed by atoms with van der Waals surface area (Å²) in [4.78, 5) is 19.5. The molecule has 6 heteroatoms. The van der Waals surface area contributed by atoms with Crippen molar-refractivity contribution >= 4 is 0 Å². The van der Waals surface area contributed by atoms with Gasteiger partial charge in [0.1, 0.15) is 0 Å². The fourth-order valence-electron chi connectivity index (χ4n) is 1.17. The van der Waals surface area contributed by atoms with Crippen LogP contribution in [0.4, 0.5) is 0 Å². The highest BCUT2D eigenvalue weighted by molar-refractivity contribution is 5.25. The van der Waals surface area contributed by atoms with E-state index < -0.39 is 21.9 Å². The van der Waals surface area contributed by atoms with E-state index in [4.69, 9.17) is 0 Å². The fourth-order valence-corrected chi connectivity index (χ4v) is 1.17. The second kappa shape index (κ2) is 3.34. The van der Waals surface area contributed by atoms with Gasteiger partial charge in [0.15, 0.2) is 0 Å². The maximum atomic E-state index is 10.4. The number of hydrogen-bond donors (Lipinski definition) is 0. The quantitative estimate of drug-likeness (QED) is 0.469. The molecule has 13 heavy (non-hydrogen) atoms. The lowest BCUT2D eigenvalue weighted by Gasteiger charge is -2.11. The van der Waals surface area contributed by atoms with E-state index in [0.717, 1.165) is 0 Å². The summed E-state index contributed by atoms with van der Waals surface area (Å²) in [5.41, 5.74) is 0.680. The molecule has 0 aliphatic heterocycles. The van der Waals surface area contributed by atoms with Crippen molar-refractivity contribution in [3.05, 3.63) is 44.0 Å². The van der Waals surface area contributed by atoms with Gasteiger partial charge in [-0.3, -0.25) is 20.2 Å². The first-order chi connectivity index (χ1) is 6.02. The molecule has 0 saturated heterocycles. The summed E-state index contributed by atoms with van der Waals surface area (Å²) in [5.74, 6) is 0. The van der Waals surface area contributed by atoms with Gasteiger partial charge in [0.05, 0.1) is 0 Å². The van der Waals surface area contributed by atoms with E-state index in [1.54, 1.807) is 6.92 Å². The molecule has 1 rings (SSSR count). The first-order valence-electron chi connectivity index (χ1n) is 3.66. The third-order valence-corrected chi connectivity index (χ3v) is 1.83. The van der Waals surface area contributed by atoms with Crippen LogP contribution in [-0.4, -0.2) is 21.9 Å². The predicted molar refractivity (Wildman–Crippen MR) is 44.5 cm³/mol. The van der Waals surface area contributed by atoms with Gasteiger partial charge in [0.2, 0.25) is 0 Å². The number of rotatable bonds is 2. The average Bonchev–Trinajstić information content (AvgIpc) is 2.03. The van der Waals surface area contributed by atoms with Gasteiger partial charge in [-0.1, -0.05) is 6.08 Å². The number of hydrogen-bond acceptors (Lipinski definition) is 4. The molecule has 0 radical (unpaired) electrons. The van der Waals surface area contributed by atoms with Crippen LogP contribution in [0.5, 0.6) is 0 Å². The first kappa shape index (κ1) is 9.37. The van der Waals surface area contributed by atoms with Crippen molar-refractivity contribution < 1.29 is 9.85 Å². The van der Waals surface area contributed by atoms with Gasteiger partial charge in [-0.05, 0) is 24.6 Å². The molecule has 0 spiro atoms. The van der Waals surface area contributed by atoms with Crippen LogP contribution in [0.15, 0.2) is 23.8 Å². The van der Waals surface area contributed by atoms with Crippen molar-refractivity contribution in [1.29, 1.82) is 0 Å². The molecular formula is C7H8N2O4. The molecule has 0 heterocycles. The number of nitro groups is 2. The molecule has 1 aliphatic carbocycles. The molecule has 0 aromatic carbocycles. The highest BCUT2D eigenvalue weighted by atomic mass is 16.6. The van der Waals surface area contributed by atoms with Crippen LogP contribution in [0.2, 0.25) is 0 Å². The summed E-state index contributed by atoms with van der Waals surface area (Å²) in [6.07, 6.45) is 4.07. The van der Waals surface area contributed by atoms with Crippen molar-refractivity contribution in [2.75, 3.05) is 0 Å². The summed E-state index contributed by atoms with van der Waals surface area (Å²) in [5, 5.41) is 20.8. The molecule has 0 aromatic heterocycles. The van der Waals surface area contributed by atoms with E-state index in [2.05, 4.69) is 0 Å². The highest BCUT2D eigenvalue weighted by Gasteiger charge is 2.38. The van der Waals surface area contributed by atoms with Crippen molar-refractivity contribution in [3.8, 4) is 0 Å². The largest absolute Gasteiger partial charge is 0.301 e. The van der Waals surface area contributed by atoms with Crippen LogP contribution in [0.25, 0.3) is 0 Å².